The van der Waals surface area contributed by atoms with Crippen LogP contribution in [0.1, 0.15) is 67.2 Å². The van der Waals surface area contributed by atoms with E-state index < -0.39 is 0 Å². The summed E-state index contributed by atoms with van der Waals surface area (Å²) in [6.07, 6.45) is 6.20. The summed E-state index contributed by atoms with van der Waals surface area (Å²) in [7, 11) is 0.845. The van der Waals surface area contributed by atoms with Gasteiger partial charge in [0.1, 0.15) is 0 Å². The van der Waals surface area contributed by atoms with Crippen LogP contribution in [0.4, 0.5) is 0 Å². The molecule has 0 aliphatic rings. The van der Waals surface area contributed by atoms with Gasteiger partial charge in [-0.25, -0.2) is 0 Å². The highest BCUT2D eigenvalue weighted by Crippen LogP contribution is 2.34. The van der Waals surface area contributed by atoms with Gasteiger partial charge < -0.3 is 0 Å². The van der Waals surface area contributed by atoms with E-state index in [0.717, 1.165) is 15.0 Å². The van der Waals surface area contributed by atoms with E-state index in [0.29, 0.717) is 5.41 Å². The zero-order valence-corrected chi connectivity index (χ0v) is 14.0. The molecule has 3 nitrogen and oxygen atoms in total. The van der Waals surface area contributed by atoms with Crippen molar-refractivity contribution in [2.24, 2.45) is 5.41 Å². The molecule has 0 heterocycles. The monoisotopic (exact) mass is 277 g/mol. The van der Waals surface area contributed by atoms with Crippen molar-refractivity contribution in [1.29, 1.82) is 0 Å². The van der Waals surface area contributed by atoms with Crippen LogP contribution in [0.15, 0.2) is 0 Å². The standard InChI is InChI=1S/C14H32NO2P/c1-7-9-10-18-13(11-14(5,6)8-2)17-15-16-12(3)4/h12-13,15,18H,7-11H2,1-6H3. The van der Waals surface area contributed by atoms with E-state index in [1.54, 1.807) is 0 Å². The normalized spacial score (nSPS) is 14.8. The van der Waals surface area contributed by atoms with Crippen molar-refractivity contribution in [2.45, 2.75) is 79.2 Å². The lowest BCUT2D eigenvalue weighted by Crippen LogP contribution is -2.28. The Morgan fingerprint density at radius 1 is 1.17 bits per heavy atom. The van der Waals surface area contributed by atoms with Crippen LogP contribution in [0.5, 0.6) is 0 Å². The molecule has 4 heteroatoms. The van der Waals surface area contributed by atoms with Gasteiger partial charge >= 0.3 is 0 Å². The summed E-state index contributed by atoms with van der Waals surface area (Å²) < 4.78 is 0. The highest BCUT2D eigenvalue weighted by Gasteiger charge is 2.22. The Balaban J connectivity index is 4.07. The predicted octanol–water partition coefficient (Wildman–Crippen LogP) is 4.48. The molecule has 0 spiro atoms. The maximum absolute atomic E-state index is 5.68. The van der Waals surface area contributed by atoms with Crippen LogP contribution < -0.4 is 5.64 Å². The number of hydrogen-bond donors (Lipinski definition) is 1. The SMILES string of the molecule is CCCCPC(CC(C)(C)CC)ONOC(C)C. The van der Waals surface area contributed by atoms with Gasteiger partial charge in [-0.1, -0.05) is 54.8 Å². The third-order valence-corrected chi connectivity index (χ3v) is 4.49. The molecule has 0 fully saturated rings. The smallest absolute Gasteiger partial charge is 0.0982 e. The Labute approximate surface area is 115 Å². The molecule has 0 aromatic rings. The van der Waals surface area contributed by atoms with Crippen molar-refractivity contribution in [3.8, 4) is 0 Å². The zero-order valence-electron chi connectivity index (χ0n) is 13.0. The van der Waals surface area contributed by atoms with Gasteiger partial charge in [-0.2, -0.15) is 0 Å². The molecule has 2 atom stereocenters. The highest BCUT2D eigenvalue weighted by molar-refractivity contribution is 7.38. The van der Waals surface area contributed by atoms with Crippen molar-refractivity contribution < 1.29 is 9.68 Å². The predicted molar refractivity (Wildman–Crippen MR) is 81.0 cm³/mol. The highest BCUT2D eigenvalue weighted by atomic mass is 31.1. The fourth-order valence-corrected chi connectivity index (χ4v) is 3.13. The van der Waals surface area contributed by atoms with E-state index in [1.807, 2.05) is 13.8 Å². The third-order valence-electron chi connectivity index (χ3n) is 3.07. The second kappa shape index (κ2) is 10.1. The minimum Gasteiger partial charge on any atom is -0.274 e. The minimum absolute atomic E-state index is 0.142. The van der Waals surface area contributed by atoms with E-state index >= 15 is 0 Å². The molecule has 18 heavy (non-hydrogen) atoms. The van der Waals surface area contributed by atoms with E-state index in [2.05, 4.69) is 33.3 Å². The van der Waals surface area contributed by atoms with Gasteiger partial charge in [0.05, 0.1) is 11.9 Å². The topological polar surface area (TPSA) is 30.5 Å². The molecule has 1 N–H and O–H groups in total. The summed E-state index contributed by atoms with van der Waals surface area (Å²) >= 11 is 0. The van der Waals surface area contributed by atoms with Gasteiger partial charge in [0.2, 0.25) is 0 Å². The summed E-state index contributed by atoms with van der Waals surface area (Å²) in [5.41, 5.74) is 3.00. The van der Waals surface area contributed by atoms with E-state index in [1.165, 1.54) is 25.4 Å². The van der Waals surface area contributed by atoms with Gasteiger partial charge in [-0.05, 0) is 38.3 Å². The molecular formula is C14H32NO2P. The molecule has 110 valence electrons. The second-order valence-electron chi connectivity index (χ2n) is 5.89. The van der Waals surface area contributed by atoms with Crippen LogP contribution in [-0.2, 0) is 9.68 Å². The first kappa shape index (κ1) is 18.3. The van der Waals surface area contributed by atoms with Gasteiger partial charge in [-0.3, -0.25) is 9.68 Å². The van der Waals surface area contributed by atoms with Crippen LogP contribution in [0.3, 0.4) is 0 Å². The summed E-state index contributed by atoms with van der Waals surface area (Å²) in [4.78, 5) is 10.9. The van der Waals surface area contributed by atoms with E-state index in [4.69, 9.17) is 9.68 Å². The quantitative estimate of drug-likeness (QED) is 0.343. The summed E-state index contributed by atoms with van der Waals surface area (Å²) in [6.45, 7) is 13.1. The Morgan fingerprint density at radius 2 is 1.83 bits per heavy atom. The fraction of sp³-hybridized carbons (Fsp3) is 1.00. The maximum Gasteiger partial charge on any atom is 0.0982 e. The van der Waals surface area contributed by atoms with Crippen LogP contribution in [0, 0.1) is 5.41 Å². The molecule has 0 aliphatic carbocycles. The number of unbranched alkanes of at least 4 members (excludes halogenated alkanes) is 1. The lowest BCUT2D eigenvalue weighted by Gasteiger charge is -2.28. The van der Waals surface area contributed by atoms with Gasteiger partial charge in [0.25, 0.3) is 0 Å². The van der Waals surface area contributed by atoms with Crippen molar-refractivity contribution in [3.63, 3.8) is 0 Å². The van der Waals surface area contributed by atoms with Gasteiger partial charge in [-0.15, -0.1) is 0 Å². The van der Waals surface area contributed by atoms with E-state index in [9.17, 15) is 0 Å². The zero-order chi connectivity index (χ0) is 14.0. The van der Waals surface area contributed by atoms with Crippen LogP contribution >= 0.6 is 8.58 Å². The average molecular weight is 277 g/mol. The van der Waals surface area contributed by atoms with Crippen LogP contribution in [0.2, 0.25) is 0 Å². The number of nitrogens with one attached hydrogen (secondary N) is 1. The first-order valence-electron chi connectivity index (χ1n) is 7.21. The van der Waals surface area contributed by atoms with Crippen molar-refractivity contribution in [3.05, 3.63) is 0 Å². The molecule has 0 aliphatic heterocycles. The molecule has 0 bridgehead atoms. The van der Waals surface area contributed by atoms with Gasteiger partial charge in [0.15, 0.2) is 0 Å². The van der Waals surface area contributed by atoms with Crippen molar-refractivity contribution in [1.82, 2.24) is 5.64 Å². The molecule has 0 saturated heterocycles. The minimum atomic E-state index is 0.142. The van der Waals surface area contributed by atoms with Crippen LogP contribution in [-0.4, -0.2) is 18.1 Å². The van der Waals surface area contributed by atoms with Crippen molar-refractivity contribution >= 4 is 8.58 Å². The van der Waals surface area contributed by atoms with Crippen LogP contribution in [0.25, 0.3) is 0 Å². The molecule has 2 unspecified atom stereocenters. The lowest BCUT2D eigenvalue weighted by atomic mass is 9.87. The fourth-order valence-electron chi connectivity index (χ4n) is 1.42. The Kier molecular flexibility index (Phi) is 10.3. The average Bonchev–Trinajstić information content (AvgIpc) is 2.28. The maximum atomic E-state index is 5.68. The second-order valence-corrected chi connectivity index (χ2v) is 7.44. The molecule has 0 aromatic heterocycles. The molecule has 0 saturated carbocycles. The summed E-state index contributed by atoms with van der Waals surface area (Å²) in [5, 5.41) is 0. The Bertz CT molecular complexity index is 198. The molecule has 0 radical (unpaired) electrons. The molecule has 0 aromatic carbocycles. The Hall–Kier alpha value is 0.310. The summed E-state index contributed by atoms with van der Waals surface area (Å²) in [6, 6.07) is 0. The van der Waals surface area contributed by atoms with E-state index in [-0.39, 0.29) is 11.9 Å². The molecule has 0 amide bonds. The first-order chi connectivity index (χ1) is 8.41. The molecule has 0 rings (SSSR count). The largest absolute Gasteiger partial charge is 0.274 e. The number of hydrogen-bond acceptors (Lipinski definition) is 3. The Morgan fingerprint density at radius 3 is 2.33 bits per heavy atom. The van der Waals surface area contributed by atoms with Gasteiger partial charge in [0, 0.05) is 0 Å². The lowest BCUT2D eigenvalue weighted by molar-refractivity contribution is -0.202. The third kappa shape index (κ3) is 10.3. The summed E-state index contributed by atoms with van der Waals surface area (Å²) in [5.74, 6) is 0.269. The number of rotatable bonds is 11. The van der Waals surface area contributed by atoms with Crippen molar-refractivity contribution in [2.75, 3.05) is 6.16 Å². The first-order valence-corrected chi connectivity index (χ1v) is 8.49. The molecular weight excluding hydrogens is 245 g/mol.